The largest absolute Gasteiger partial charge is 0.496 e. The van der Waals surface area contributed by atoms with Gasteiger partial charge < -0.3 is 14.5 Å². The fraction of sp³-hybridized carbons (Fsp3) is 0.478. The molecular weight excluding hydrogens is 462 g/mol. The number of benzene rings is 1. The van der Waals surface area contributed by atoms with Gasteiger partial charge in [-0.3, -0.25) is 9.59 Å². The van der Waals surface area contributed by atoms with Gasteiger partial charge in [0.1, 0.15) is 9.96 Å². The average molecular weight is 492 g/mol. The van der Waals surface area contributed by atoms with Gasteiger partial charge in [-0.1, -0.05) is 12.1 Å². The lowest BCUT2D eigenvalue weighted by molar-refractivity contribution is -0.130. The van der Waals surface area contributed by atoms with Gasteiger partial charge in [-0.05, 0) is 43.5 Å². The summed E-state index contributed by atoms with van der Waals surface area (Å²) in [5, 5.41) is 0. The molecule has 2 fully saturated rings. The monoisotopic (exact) mass is 491 g/mol. The van der Waals surface area contributed by atoms with E-state index < -0.39 is 10.0 Å². The molecule has 2 amide bonds. The number of sulfonamides is 1. The molecule has 3 heterocycles. The molecule has 0 bridgehead atoms. The van der Waals surface area contributed by atoms with E-state index >= 15 is 0 Å². The number of para-hydroxylation sites is 1. The molecule has 2 aliphatic rings. The van der Waals surface area contributed by atoms with Crippen molar-refractivity contribution in [1.82, 2.24) is 14.1 Å². The molecule has 33 heavy (non-hydrogen) atoms. The standard InChI is InChI=1S/C23H29N3O5S2/c1-31-20-8-3-2-7-19(20)23(28)25-12-6-11-24(15-16-25)21(27)17-18-9-10-22(32-18)33(29,30)26-13-4-5-14-26/h2-3,7-10H,4-6,11-17H2,1H3. The summed E-state index contributed by atoms with van der Waals surface area (Å²) >= 11 is 1.18. The molecule has 10 heteroatoms. The van der Waals surface area contributed by atoms with Gasteiger partial charge in [0.2, 0.25) is 5.91 Å². The molecule has 0 aliphatic carbocycles. The van der Waals surface area contributed by atoms with Crippen molar-refractivity contribution in [2.45, 2.75) is 29.9 Å². The number of amides is 2. The maximum absolute atomic E-state index is 13.0. The van der Waals surface area contributed by atoms with Crippen LogP contribution in [0.2, 0.25) is 0 Å². The van der Waals surface area contributed by atoms with Crippen LogP contribution in [0.1, 0.15) is 34.5 Å². The molecule has 0 N–H and O–H groups in total. The summed E-state index contributed by atoms with van der Waals surface area (Å²) < 4.78 is 32.6. The normalized spacial score (nSPS) is 17.7. The highest BCUT2D eigenvalue weighted by atomic mass is 32.2. The van der Waals surface area contributed by atoms with Gasteiger partial charge in [0.15, 0.2) is 0 Å². The van der Waals surface area contributed by atoms with Gasteiger partial charge in [0.25, 0.3) is 15.9 Å². The number of nitrogens with zero attached hydrogens (tertiary/aromatic N) is 3. The van der Waals surface area contributed by atoms with Crippen LogP contribution in [0.3, 0.4) is 0 Å². The van der Waals surface area contributed by atoms with Crippen LogP contribution in [-0.4, -0.2) is 80.7 Å². The van der Waals surface area contributed by atoms with Crippen molar-refractivity contribution < 1.29 is 22.7 Å². The summed E-state index contributed by atoms with van der Waals surface area (Å²) in [6.07, 6.45) is 2.63. The second kappa shape index (κ2) is 10.2. The van der Waals surface area contributed by atoms with Gasteiger partial charge in [-0.25, -0.2) is 8.42 Å². The molecular formula is C23H29N3O5S2. The average Bonchev–Trinajstić information content (AvgIpc) is 3.47. The van der Waals surface area contributed by atoms with Crippen LogP contribution in [0.4, 0.5) is 0 Å². The van der Waals surface area contributed by atoms with Crippen molar-refractivity contribution in [2.24, 2.45) is 0 Å². The quantitative estimate of drug-likeness (QED) is 0.620. The van der Waals surface area contributed by atoms with Crippen LogP contribution in [0.25, 0.3) is 0 Å². The van der Waals surface area contributed by atoms with E-state index in [9.17, 15) is 18.0 Å². The lowest BCUT2D eigenvalue weighted by atomic mass is 10.1. The third-order valence-corrected chi connectivity index (χ3v) is 9.55. The topological polar surface area (TPSA) is 87.2 Å². The Morgan fingerprint density at radius 2 is 1.61 bits per heavy atom. The third kappa shape index (κ3) is 5.23. The molecule has 0 atom stereocenters. The van der Waals surface area contributed by atoms with E-state index in [1.807, 2.05) is 12.1 Å². The Hall–Kier alpha value is -2.43. The summed E-state index contributed by atoms with van der Waals surface area (Å²) in [6, 6.07) is 10.5. The number of ether oxygens (including phenoxy) is 1. The van der Waals surface area contributed by atoms with Gasteiger partial charge >= 0.3 is 0 Å². The van der Waals surface area contributed by atoms with E-state index in [2.05, 4.69) is 0 Å². The minimum atomic E-state index is -3.46. The maximum atomic E-state index is 13.0. The number of hydrogen-bond donors (Lipinski definition) is 0. The van der Waals surface area contributed by atoms with Crippen LogP contribution >= 0.6 is 11.3 Å². The molecule has 1 aromatic heterocycles. The molecule has 0 radical (unpaired) electrons. The fourth-order valence-corrected chi connectivity index (χ4v) is 7.29. The Morgan fingerprint density at radius 1 is 0.909 bits per heavy atom. The van der Waals surface area contributed by atoms with Crippen molar-refractivity contribution in [3.05, 3.63) is 46.8 Å². The molecule has 2 aliphatic heterocycles. The van der Waals surface area contributed by atoms with E-state index in [4.69, 9.17) is 4.74 Å². The van der Waals surface area contributed by atoms with Gasteiger partial charge in [-0.15, -0.1) is 11.3 Å². The van der Waals surface area contributed by atoms with E-state index in [-0.39, 0.29) is 18.2 Å². The zero-order valence-electron chi connectivity index (χ0n) is 18.7. The Kier molecular flexibility index (Phi) is 7.35. The Balaban J connectivity index is 1.36. The first kappa shape index (κ1) is 23.7. The first-order valence-corrected chi connectivity index (χ1v) is 13.4. The molecule has 2 saturated heterocycles. The predicted molar refractivity (Wildman–Crippen MR) is 126 cm³/mol. The third-order valence-electron chi connectivity index (χ3n) is 6.09. The summed E-state index contributed by atoms with van der Waals surface area (Å²) in [6.45, 7) is 3.15. The highest BCUT2D eigenvalue weighted by Crippen LogP contribution is 2.28. The van der Waals surface area contributed by atoms with Gasteiger partial charge in [-0.2, -0.15) is 4.31 Å². The predicted octanol–water partition coefficient (Wildman–Crippen LogP) is 2.46. The van der Waals surface area contributed by atoms with Crippen LogP contribution in [0.15, 0.2) is 40.6 Å². The molecule has 0 unspecified atom stereocenters. The van der Waals surface area contributed by atoms with Crippen LogP contribution in [0.5, 0.6) is 5.75 Å². The van der Waals surface area contributed by atoms with Crippen molar-refractivity contribution in [3.8, 4) is 5.75 Å². The number of rotatable bonds is 6. The summed E-state index contributed by atoms with van der Waals surface area (Å²) in [5.41, 5.74) is 0.519. The highest BCUT2D eigenvalue weighted by Gasteiger charge is 2.29. The maximum Gasteiger partial charge on any atom is 0.257 e. The van der Waals surface area contributed by atoms with Crippen molar-refractivity contribution in [3.63, 3.8) is 0 Å². The molecule has 8 nitrogen and oxygen atoms in total. The fourth-order valence-electron chi connectivity index (χ4n) is 4.27. The number of hydrogen-bond acceptors (Lipinski definition) is 6. The number of carbonyl (C=O) groups excluding carboxylic acids is 2. The number of methoxy groups -OCH3 is 1. The van der Waals surface area contributed by atoms with Crippen LogP contribution in [-0.2, 0) is 21.2 Å². The smallest absolute Gasteiger partial charge is 0.257 e. The lowest BCUT2D eigenvalue weighted by Gasteiger charge is -2.23. The van der Waals surface area contributed by atoms with E-state index in [0.717, 1.165) is 17.7 Å². The first-order chi connectivity index (χ1) is 15.9. The molecule has 1 aromatic carbocycles. The van der Waals surface area contributed by atoms with Crippen LogP contribution < -0.4 is 4.74 Å². The van der Waals surface area contributed by atoms with Gasteiger partial charge in [0, 0.05) is 44.1 Å². The van der Waals surface area contributed by atoms with Crippen molar-refractivity contribution in [1.29, 1.82) is 0 Å². The van der Waals surface area contributed by atoms with Crippen molar-refractivity contribution >= 4 is 33.2 Å². The zero-order chi connectivity index (χ0) is 23.4. The number of thiophene rings is 1. The lowest BCUT2D eigenvalue weighted by Crippen LogP contribution is -2.38. The summed E-state index contributed by atoms with van der Waals surface area (Å²) in [5.74, 6) is 0.391. The first-order valence-electron chi connectivity index (χ1n) is 11.2. The second-order valence-electron chi connectivity index (χ2n) is 8.24. The molecule has 4 rings (SSSR count). The second-order valence-corrected chi connectivity index (χ2v) is 11.6. The van der Waals surface area contributed by atoms with E-state index in [1.165, 1.54) is 15.6 Å². The molecule has 2 aromatic rings. The van der Waals surface area contributed by atoms with Crippen molar-refractivity contribution in [2.75, 3.05) is 46.4 Å². The minimum absolute atomic E-state index is 0.0476. The Labute approximate surface area is 198 Å². The molecule has 0 spiro atoms. The minimum Gasteiger partial charge on any atom is -0.496 e. The molecule has 0 saturated carbocycles. The zero-order valence-corrected chi connectivity index (χ0v) is 20.4. The van der Waals surface area contributed by atoms with Gasteiger partial charge in [0.05, 0.1) is 19.1 Å². The summed E-state index contributed by atoms with van der Waals surface area (Å²) in [4.78, 5) is 30.2. The van der Waals surface area contributed by atoms with Crippen LogP contribution in [0, 0.1) is 0 Å². The van der Waals surface area contributed by atoms with E-state index in [1.54, 1.807) is 41.2 Å². The molecule has 178 valence electrons. The highest BCUT2D eigenvalue weighted by molar-refractivity contribution is 7.91. The Bertz CT molecular complexity index is 1110. The number of carbonyl (C=O) groups is 2. The Morgan fingerprint density at radius 3 is 2.36 bits per heavy atom. The summed E-state index contributed by atoms with van der Waals surface area (Å²) in [7, 11) is -1.92. The van der Waals surface area contributed by atoms with E-state index in [0.29, 0.717) is 61.2 Å². The SMILES string of the molecule is COc1ccccc1C(=O)N1CCCN(C(=O)Cc2ccc(S(=O)(=O)N3CCCC3)s2)CC1.